The van der Waals surface area contributed by atoms with Crippen molar-refractivity contribution in [2.24, 2.45) is 0 Å². The molecule has 0 amide bonds. The number of rotatable bonds is 5. The Hall–Kier alpha value is -0.600. The zero-order chi connectivity index (χ0) is 15.2. The van der Waals surface area contributed by atoms with Gasteiger partial charge in [-0.3, -0.25) is 4.55 Å². The first-order chi connectivity index (χ1) is 7.56. The second kappa shape index (κ2) is 4.21. The van der Waals surface area contributed by atoms with Crippen molar-refractivity contribution in [3.05, 3.63) is 0 Å². The zero-order valence-electron chi connectivity index (χ0n) is 8.16. The van der Waals surface area contributed by atoms with Crippen LogP contribution in [0.3, 0.4) is 0 Å². The molecule has 0 fully saturated rings. The van der Waals surface area contributed by atoms with Crippen LogP contribution in [0.2, 0.25) is 0 Å². The van der Waals surface area contributed by atoms with Crippen LogP contribution in [0.25, 0.3) is 0 Å². The lowest BCUT2D eigenvalue weighted by Crippen LogP contribution is -2.62. The van der Waals surface area contributed by atoms with Gasteiger partial charge in [0.15, 0.2) is 0 Å². The van der Waals surface area contributed by atoms with Crippen molar-refractivity contribution < 1.29 is 47.7 Å². The van der Waals surface area contributed by atoms with Gasteiger partial charge in [-0.2, -0.15) is 34.8 Å². The number of alkyl halides is 6. The number of hydrogen-bond donors (Lipinski definition) is 2. The van der Waals surface area contributed by atoms with Gasteiger partial charge in [0.1, 0.15) is 0 Å². The molecular weight excluding hydrogens is 320 g/mol. The molecule has 0 spiro atoms. The van der Waals surface area contributed by atoms with Crippen molar-refractivity contribution in [3.8, 4) is 0 Å². The van der Waals surface area contributed by atoms with E-state index in [1.807, 2.05) is 0 Å². The van der Waals surface area contributed by atoms with Gasteiger partial charge in [-0.15, -0.1) is 0 Å². The van der Waals surface area contributed by atoms with Gasteiger partial charge in [0.25, 0.3) is 10.0 Å². The van der Waals surface area contributed by atoms with Crippen molar-refractivity contribution in [1.82, 2.24) is 4.72 Å². The fourth-order valence-electron chi connectivity index (χ4n) is 0.628. The second-order valence-electron chi connectivity index (χ2n) is 2.79. The molecule has 0 saturated carbocycles. The molecule has 0 bridgehead atoms. The van der Waals surface area contributed by atoms with E-state index in [0.717, 1.165) is 0 Å². The van der Waals surface area contributed by atoms with Gasteiger partial charge in [-0.05, 0) is 7.05 Å². The van der Waals surface area contributed by atoms with Gasteiger partial charge in [-0.1, -0.05) is 0 Å². The average Bonchev–Trinajstić information content (AvgIpc) is 2.15. The Morgan fingerprint density at radius 2 is 1.22 bits per heavy atom. The van der Waals surface area contributed by atoms with Crippen molar-refractivity contribution in [2.45, 2.75) is 16.4 Å². The quantitative estimate of drug-likeness (QED) is 0.557. The highest BCUT2D eigenvalue weighted by Gasteiger charge is 2.81. The molecule has 0 radical (unpaired) electrons. The minimum absolute atomic E-state index is 0.213. The van der Waals surface area contributed by atoms with Crippen LogP contribution in [0.1, 0.15) is 0 Å². The normalized spacial score (nSPS) is 15.8. The van der Waals surface area contributed by atoms with Crippen LogP contribution in [0.5, 0.6) is 0 Å². The highest BCUT2D eigenvalue weighted by Crippen LogP contribution is 2.50. The summed E-state index contributed by atoms with van der Waals surface area (Å²) < 4.78 is 125. The average molecular weight is 325 g/mol. The molecule has 110 valence electrons. The van der Waals surface area contributed by atoms with Crippen LogP contribution in [-0.4, -0.2) is 44.9 Å². The summed E-state index contributed by atoms with van der Waals surface area (Å²) in [6, 6.07) is 0. The van der Waals surface area contributed by atoms with Crippen molar-refractivity contribution in [3.63, 3.8) is 0 Å². The van der Waals surface area contributed by atoms with E-state index < -0.39 is 36.6 Å². The molecule has 0 atom stereocenters. The maximum absolute atomic E-state index is 12.7. The Bertz CT molecular complexity index is 524. The summed E-state index contributed by atoms with van der Waals surface area (Å²) in [5.74, 6) is -6.89. The molecule has 0 aliphatic carbocycles. The van der Waals surface area contributed by atoms with Crippen molar-refractivity contribution in [1.29, 1.82) is 0 Å². The minimum Gasteiger partial charge on any atom is -0.281 e. The first kappa shape index (κ1) is 17.4. The number of sulfonamides is 1. The second-order valence-corrected chi connectivity index (χ2v) is 6.18. The fraction of sp³-hybridized carbons (Fsp3) is 1.00. The summed E-state index contributed by atoms with van der Waals surface area (Å²) in [5.41, 5.74) is 0. The first-order valence-corrected chi connectivity index (χ1v) is 6.52. The lowest BCUT2D eigenvalue weighted by Gasteiger charge is -2.29. The Labute approximate surface area is 96.8 Å². The third-order valence-corrected chi connectivity index (χ3v) is 4.03. The highest BCUT2D eigenvalue weighted by molar-refractivity contribution is 7.90. The first-order valence-electron chi connectivity index (χ1n) is 3.60. The van der Waals surface area contributed by atoms with E-state index in [1.165, 1.54) is 0 Å². The predicted octanol–water partition coefficient (Wildman–Crippen LogP) is 0.244. The molecule has 14 heteroatoms. The Morgan fingerprint density at radius 3 is 1.44 bits per heavy atom. The summed E-state index contributed by atoms with van der Waals surface area (Å²) in [4.78, 5) is 0. The van der Waals surface area contributed by atoms with Gasteiger partial charge in [0.05, 0.1) is 0 Å². The molecule has 2 N–H and O–H groups in total. The topological polar surface area (TPSA) is 101 Å². The van der Waals surface area contributed by atoms with Crippen LogP contribution in [0.4, 0.5) is 26.3 Å². The largest absolute Gasteiger partial charge is 0.439 e. The van der Waals surface area contributed by atoms with Crippen molar-refractivity contribution in [2.75, 3.05) is 7.05 Å². The highest BCUT2D eigenvalue weighted by atomic mass is 32.2. The third kappa shape index (κ3) is 2.17. The smallest absolute Gasteiger partial charge is 0.281 e. The molecular formula is C4H5F6NO5S2. The lowest BCUT2D eigenvalue weighted by atomic mass is 10.3. The van der Waals surface area contributed by atoms with Crippen LogP contribution in [0.15, 0.2) is 0 Å². The van der Waals surface area contributed by atoms with Crippen molar-refractivity contribution >= 4 is 20.1 Å². The summed E-state index contributed by atoms with van der Waals surface area (Å²) >= 11 is 0. The van der Waals surface area contributed by atoms with Gasteiger partial charge in [0, 0.05) is 0 Å². The molecule has 6 nitrogen and oxygen atoms in total. The van der Waals surface area contributed by atoms with Gasteiger partial charge in [-0.25, -0.2) is 13.1 Å². The molecule has 0 aliphatic rings. The molecule has 0 aromatic carbocycles. The molecule has 0 saturated heterocycles. The Morgan fingerprint density at radius 1 is 0.889 bits per heavy atom. The maximum atomic E-state index is 12.7. The van der Waals surface area contributed by atoms with Gasteiger partial charge < -0.3 is 0 Å². The van der Waals surface area contributed by atoms with E-state index in [9.17, 15) is 43.2 Å². The minimum atomic E-state index is -6.97. The predicted molar refractivity (Wildman–Crippen MR) is 44.4 cm³/mol. The third-order valence-electron chi connectivity index (χ3n) is 1.66. The summed E-state index contributed by atoms with van der Waals surface area (Å²) in [7, 11) is -13.0. The SMILES string of the molecule is CNS(=O)(=O)C(F)(F)C(F)(F)C(F)(F)S(=O)(=O)O. The van der Waals surface area contributed by atoms with Crippen LogP contribution < -0.4 is 4.72 Å². The Kier molecular flexibility index (Phi) is 4.07. The van der Waals surface area contributed by atoms with E-state index in [0.29, 0.717) is 4.72 Å². The summed E-state index contributed by atoms with van der Waals surface area (Å²) in [6.45, 7) is 0. The zero-order valence-corrected chi connectivity index (χ0v) is 9.80. The molecule has 18 heavy (non-hydrogen) atoms. The molecule has 0 unspecified atom stereocenters. The monoisotopic (exact) mass is 325 g/mol. The lowest BCUT2D eigenvalue weighted by molar-refractivity contribution is -0.245. The fourth-order valence-corrected chi connectivity index (χ4v) is 1.87. The van der Waals surface area contributed by atoms with E-state index in [4.69, 9.17) is 4.55 Å². The van der Waals surface area contributed by atoms with Gasteiger partial charge in [0.2, 0.25) is 0 Å². The summed E-state index contributed by atoms with van der Waals surface area (Å²) in [6.07, 6.45) is 0. The van der Waals surface area contributed by atoms with Crippen LogP contribution in [0, 0.1) is 0 Å². The summed E-state index contributed by atoms with van der Waals surface area (Å²) in [5, 5.41) is -13.2. The number of hydrogen-bond acceptors (Lipinski definition) is 4. The van der Waals surface area contributed by atoms with Crippen LogP contribution >= 0.6 is 0 Å². The van der Waals surface area contributed by atoms with Gasteiger partial charge >= 0.3 is 26.5 Å². The molecule has 0 heterocycles. The van der Waals surface area contributed by atoms with E-state index in [-0.39, 0.29) is 7.05 Å². The maximum Gasteiger partial charge on any atom is 0.439 e. The van der Waals surface area contributed by atoms with Crippen LogP contribution in [-0.2, 0) is 20.1 Å². The molecule has 0 aliphatic heterocycles. The standard InChI is InChI=1S/C4H5F6NO5S2/c1-11-17(12,13)3(7,8)2(5,6)4(9,10)18(14,15)16/h11H,1H3,(H,14,15,16). The number of halogens is 6. The number of nitrogens with one attached hydrogen (secondary N) is 1. The molecule has 0 rings (SSSR count). The van der Waals surface area contributed by atoms with E-state index in [2.05, 4.69) is 0 Å². The van der Waals surface area contributed by atoms with E-state index in [1.54, 1.807) is 0 Å². The van der Waals surface area contributed by atoms with E-state index >= 15 is 0 Å². The Balaban J connectivity index is 6.13. The molecule has 0 aromatic heterocycles. The molecule has 0 aromatic rings.